The predicted octanol–water partition coefficient (Wildman–Crippen LogP) is 4.99. The van der Waals surface area contributed by atoms with Crippen molar-refractivity contribution in [3.63, 3.8) is 0 Å². The van der Waals surface area contributed by atoms with E-state index in [0.717, 1.165) is 10.6 Å². The fraction of sp³-hybridized carbons (Fsp3) is 0.250. The van der Waals surface area contributed by atoms with E-state index in [1.807, 2.05) is 0 Å². The number of ether oxygens (including phenoxy) is 1. The molecule has 2 heterocycles. The number of aryl methyl sites for hydroxylation is 1. The molecule has 9 nitrogen and oxygen atoms in total. The molecule has 0 unspecified atom stereocenters. The van der Waals surface area contributed by atoms with E-state index in [1.165, 1.54) is 36.4 Å². The van der Waals surface area contributed by atoms with Crippen LogP contribution < -0.4 is 9.04 Å². The number of anilines is 1. The van der Waals surface area contributed by atoms with Gasteiger partial charge >= 0.3 is 5.97 Å². The van der Waals surface area contributed by atoms with Crippen molar-refractivity contribution >= 4 is 32.6 Å². The molecule has 0 saturated heterocycles. The normalized spacial score (nSPS) is 11.8. The number of benzene rings is 2. The van der Waals surface area contributed by atoms with Gasteiger partial charge in [0.05, 0.1) is 24.6 Å². The number of carboxylic acids is 1. The number of hydrogen-bond acceptors (Lipinski definition) is 7. The van der Waals surface area contributed by atoms with Crippen LogP contribution in [0.5, 0.6) is 5.75 Å². The van der Waals surface area contributed by atoms with Gasteiger partial charge < -0.3 is 18.8 Å². The van der Waals surface area contributed by atoms with E-state index in [1.54, 1.807) is 26.8 Å². The molecule has 2 aromatic carbocycles. The molecule has 35 heavy (non-hydrogen) atoms. The monoisotopic (exact) mass is 502 g/mol. The minimum absolute atomic E-state index is 0.0122. The number of rotatable bonds is 8. The molecule has 1 N–H and O–H groups in total. The van der Waals surface area contributed by atoms with Gasteiger partial charge in [-0.05, 0) is 51.1 Å². The summed E-state index contributed by atoms with van der Waals surface area (Å²) in [6.07, 6.45) is 0.691. The van der Waals surface area contributed by atoms with Gasteiger partial charge in [0.1, 0.15) is 39.9 Å². The number of aromatic nitrogens is 1. The number of nitrogens with zero attached hydrogens (tertiary/aromatic N) is 2. The predicted molar refractivity (Wildman–Crippen MR) is 127 cm³/mol. The summed E-state index contributed by atoms with van der Waals surface area (Å²) in [5.74, 6) is -1.07. The summed E-state index contributed by atoms with van der Waals surface area (Å²) in [5, 5.41) is 14.0. The van der Waals surface area contributed by atoms with Gasteiger partial charge in [-0.25, -0.2) is 17.6 Å². The van der Waals surface area contributed by atoms with E-state index < -0.39 is 21.8 Å². The number of furan rings is 1. The third-order valence-corrected chi connectivity index (χ3v) is 6.23. The van der Waals surface area contributed by atoms with Gasteiger partial charge in [-0.1, -0.05) is 5.16 Å². The van der Waals surface area contributed by atoms with Gasteiger partial charge in [-0.15, -0.1) is 0 Å². The van der Waals surface area contributed by atoms with Gasteiger partial charge in [0, 0.05) is 23.1 Å². The van der Waals surface area contributed by atoms with Crippen LogP contribution in [0.3, 0.4) is 0 Å². The van der Waals surface area contributed by atoms with E-state index in [-0.39, 0.29) is 46.4 Å². The van der Waals surface area contributed by atoms with Crippen LogP contribution in [-0.2, 0) is 16.6 Å². The maximum atomic E-state index is 13.4. The first-order valence-electron chi connectivity index (χ1n) is 10.6. The van der Waals surface area contributed by atoms with Crippen LogP contribution in [0.25, 0.3) is 22.3 Å². The lowest BCUT2D eigenvalue weighted by atomic mass is 10.0. The standard InChI is InChI=1S/C24H23FN2O7S/c1-13(2)32-21-10-18-20(33-23(22(18)24(28)29)15-5-7-16(25)8-6-15)11-19(21)27(35(4,30)31)12-17-9-14(3)34-26-17/h5-11,13H,12H2,1-4H3,(H,28,29). The molecule has 184 valence electrons. The Bertz CT molecular complexity index is 1500. The summed E-state index contributed by atoms with van der Waals surface area (Å²) in [7, 11) is -3.84. The second-order valence-electron chi connectivity index (χ2n) is 8.30. The summed E-state index contributed by atoms with van der Waals surface area (Å²) < 4.78 is 57.0. The Morgan fingerprint density at radius 2 is 1.89 bits per heavy atom. The average molecular weight is 503 g/mol. The second-order valence-corrected chi connectivity index (χ2v) is 10.2. The molecule has 4 aromatic rings. The number of carbonyl (C=O) groups is 1. The van der Waals surface area contributed by atoms with Crippen LogP contribution in [0.4, 0.5) is 10.1 Å². The second kappa shape index (κ2) is 9.06. The van der Waals surface area contributed by atoms with Gasteiger partial charge in [0.15, 0.2) is 0 Å². The fourth-order valence-corrected chi connectivity index (χ4v) is 4.56. The van der Waals surface area contributed by atoms with Crippen LogP contribution >= 0.6 is 0 Å². The van der Waals surface area contributed by atoms with E-state index in [0.29, 0.717) is 17.0 Å². The van der Waals surface area contributed by atoms with Crippen molar-refractivity contribution in [1.82, 2.24) is 5.16 Å². The minimum Gasteiger partial charge on any atom is -0.489 e. The number of sulfonamides is 1. The Morgan fingerprint density at radius 1 is 1.20 bits per heavy atom. The van der Waals surface area contributed by atoms with Crippen LogP contribution in [-0.4, -0.2) is 37.0 Å². The Hall–Kier alpha value is -3.86. The van der Waals surface area contributed by atoms with E-state index in [2.05, 4.69) is 5.16 Å². The summed E-state index contributed by atoms with van der Waals surface area (Å²) in [5.41, 5.74) is 0.848. The highest BCUT2D eigenvalue weighted by Gasteiger charge is 2.28. The van der Waals surface area contributed by atoms with Crippen molar-refractivity contribution in [2.24, 2.45) is 0 Å². The van der Waals surface area contributed by atoms with Crippen LogP contribution in [0.15, 0.2) is 51.4 Å². The number of halogens is 1. The van der Waals surface area contributed by atoms with E-state index >= 15 is 0 Å². The smallest absolute Gasteiger partial charge is 0.340 e. The molecular formula is C24H23FN2O7S. The summed E-state index contributed by atoms with van der Waals surface area (Å²) in [6.45, 7) is 5.07. The van der Waals surface area contributed by atoms with Gasteiger partial charge in [-0.3, -0.25) is 4.31 Å². The first-order chi connectivity index (χ1) is 16.4. The molecular weight excluding hydrogens is 479 g/mol. The lowest BCUT2D eigenvalue weighted by Gasteiger charge is -2.24. The maximum Gasteiger partial charge on any atom is 0.340 e. The Labute approximate surface area is 200 Å². The molecule has 0 atom stereocenters. The van der Waals surface area contributed by atoms with Gasteiger partial charge in [-0.2, -0.15) is 0 Å². The van der Waals surface area contributed by atoms with Crippen molar-refractivity contribution < 1.29 is 36.4 Å². The van der Waals surface area contributed by atoms with Crippen molar-refractivity contribution in [3.8, 4) is 17.1 Å². The van der Waals surface area contributed by atoms with E-state index in [9.17, 15) is 22.7 Å². The number of fused-ring (bicyclic) bond motifs is 1. The zero-order valence-corrected chi connectivity index (χ0v) is 20.2. The first kappa shape index (κ1) is 24.3. The molecule has 0 fully saturated rings. The largest absolute Gasteiger partial charge is 0.489 e. The molecule has 0 aliphatic carbocycles. The van der Waals surface area contributed by atoms with Crippen LogP contribution in [0.1, 0.15) is 35.7 Å². The number of aromatic carboxylic acids is 1. The topological polar surface area (TPSA) is 123 Å². The highest BCUT2D eigenvalue weighted by Crippen LogP contribution is 2.41. The SMILES string of the molecule is Cc1cc(CN(c2cc3oc(-c4ccc(F)cc4)c(C(=O)O)c3cc2OC(C)C)S(C)(=O)=O)no1. The first-order valence-corrected chi connectivity index (χ1v) is 12.4. The molecule has 4 rings (SSSR count). The third-order valence-electron chi connectivity index (χ3n) is 5.10. The Balaban J connectivity index is 1.97. The van der Waals surface area contributed by atoms with Gasteiger partial charge in [0.25, 0.3) is 0 Å². The highest BCUT2D eigenvalue weighted by molar-refractivity contribution is 7.92. The van der Waals surface area contributed by atoms with Crippen molar-refractivity contribution in [1.29, 1.82) is 0 Å². The zero-order valence-electron chi connectivity index (χ0n) is 19.4. The minimum atomic E-state index is -3.84. The fourth-order valence-electron chi connectivity index (χ4n) is 3.69. The lowest BCUT2D eigenvalue weighted by Crippen LogP contribution is -2.30. The Kier molecular flexibility index (Phi) is 6.28. The summed E-state index contributed by atoms with van der Waals surface area (Å²) >= 11 is 0. The quantitative estimate of drug-likeness (QED) is 0.358. The van der Waals surface area contributed by atoms with Crippen molar-refractivity contribution in [2.75, 3.05) is 10.6 Å². The van der Waals surface area contributed by atoms with Crippen LogP contribution in [0.2, 0.25) is 0 Å². The molecule has 2 aromatic heterocycles. The zero-order chi connectivity index (χ0) is 25.5. The molecule has 11 heteroatoms. The summed E-state index contributed by atoms with van der Waals surface area (Å²) in [4.78, 5) is 12.2. The van der Waals surface area contributed by atoms with Crippen molar-refractivity contribution in [3.05, 3.63) is 65.3 Å². The van der Waals surface area contributed by atoms with Crippen LogP contribution in [0, 0.1) is 12.7 Å². The van der Waals surface area contributed by atoms with Gasteiger partial charge in [0.2, 0.25) is 10.0 Å². The third kappa shape index (κ3) is 4.99. The number of hydrogen-bond donors (Lipinski definition) is 1. The summed E-state index contributed by atoms with van der Waals surface area (Å²) in [6, 6.07) is 9.67. The number of carboxylic acid groups (broad SMARTS) is 1. The molecule has 0 bridgehead atoms. The lowest BCUT2D eigenvalue weighted by molar-refractivity contribution is 0.0699. The molecule has 0 radical (unpaired) electrons. The Morgan fingerprint density at radius 3 is 2.43 bits per heavy atom. The maximum absolute atomic E-state index is 13.4. The van der Waals surface area contributed by atoms with E-state index in [4.69, 9.17) is 13.7 Å². The molecule has 0 amide bonds. The average Bonchev–Trinajstić information content (AvgIpc) is 3.33. The molecule has 0 aliphatic heterocycles. The highest BCUT2D eigenvalue weighted by atomic mass is 32.2. The molecule has 0 saturated carbocycles. The molecule has 0 aliphatic rings. The van der Waals surface area contributed by atoms with Crippen molar-refractivity contribution in [2.45, 2.75) is 33.4 Å². The molecule has 0 spiro atoms.